The Morgan fingerprint density at radius 3 is 2.50 bits per heavy atom. The maximum Gasteiger partial charge on any atom is 0.253 e. The normalized spacial score (nSPS) is 16.4. The van der Waals surface area contributed by atoms with Crippen LogP contribution >= 0.6 is 0 Å². The third kappa shape index (κ3) is 2.55. The lowest BCUT2D eigenvalue weighted by molar-refractivity contribution is 0.0546. The first-order chi connectivity index (χ1) is 9.74. The third-order valence-electron chi connectivity index (χ3n) is 3.55. The van der Waals surface area contributed by atoms with Gasteiger partial charge in [0.1, 0.15) is 0 Å². The number of hydrogen-bond acceptors (Lipinski definition) is 4. The van der Waals surface area contributed by atoms with Crippen LogP contribution in [0.15, 0.2) is 36.7 Å². The Labute approximate surface area is 116 Å². The molecule has 0 spiro atoms. The zero-order chi connectivity index (χ0) is 13.9. The molecule has 1 aromatic carbocycles. The Bertz CT molecular complexity index is 572. The molecule has 1 aliphatic heterocycles. The van der Waals surface area contributed by atoms with Crippen molar-refractivity contribution in [1.82, 2.24) is 19.9 Å². The van der Waals surface area contributed by atoms with E-state index in [-0.39, 0.29) is 12.0 Å². The van der Waals surface area contributed by atoms with Crippen molar-refractivity contribution < 1.29 is 9.90 Å². The van der Waals surface area contributed by atoms with E-state index in [1.165, 1.54) is 0 Å². The fourth-order valence-electron chi connectivity index (χ4n) is 2.35. The lowest BCUT2D eigenvalue weighted by Crippen LogP contribution is -2.40. The number of rotatable bonds is 2. The molecular formula is C14H16N4O2. The lowest BCUT2D eigenvalue weighted by atomic mass is 10.1. The molecule has 1 aromatic heterocycles. The van der Waals surface area contributed by atoms with Crippen LogP contribution in [0.4, 0.5) is 0 Å². The summed E-state index contributed by atoms with van der Waals surface area (Å²) in [5, 5.41) is 17.1. The van der Waals surface area contributed by atoms with Crippen molar-refractivity contribution in [2.45, 2.75) is 18.9 Å². The van der Waals surface area contributed by atoms with Gasteiger partial charge >= 0.3 is 0 Å². The number of amides is 1. The molecule has 6 heteroatoms. The van der Waals surface area contributed by atoms with Gasteiger partial charge in [-0.1, -0.05) is 5.21 Å². The first-order valence-electron chi connectivity index (χ1n) is 6.68. The summed E-state index contributed by atoms with van der Waals surface area (Å²) in [5.74, 6) is 0.0158. The van der Waals surface area contributed by atoms with Crippen LogP contribution in [0.1, 0.15) is 23.2 Å². The zero-order valence-corrected chi connectivity index (χ0v) is 11.0. The van der Waals surface area contributed by atoms with E-state index in [0.29, 0.717) is 31.5 Å². The molecular weight excluding hydrogens is 256 g/mol. The fraction of sp³-hybridized carbons (Fsp3) is 0.357. The number of carbonyl (C=O) groups excluding carboxylic acids is 1. The standard InChI is InChI=1S/C14H16N4O2/c19-13-5-8-17(9-6-13)14(20)11-1-3-12(4-2-11)18-10-7-15-16-18/h1-4,7,10,13,19H,5-6,8-9H2. The number of hydrogen-bond donors (Lipinski definition) is 1. The van der Waals surface area contributed by atoms with E-state index >= 15 is 0 Å². The Balaban J connectivity index is 1.73. The Morgan fingerprint density at radius 1 is 1.20 bits per heavy atom. The summed E-state index contributed by atoms with van der Waals surface area (Å²) in [6, 6.07) is 7.29. The Hall–Kier alpha value is -2.21. The van der Waals surface area contributed by atoms with Crippen molar-refractivity contribution in [1.29, 1.82) is 0 Å². The second kappa shape index (κ2) is 5.42. The van der Waals surface area contributed by atoms with Crippen LogP contribution in [0.25, 0.3) is 5.69 Å². The van der Waals surface area contributed by atoms with Gasteiger partial charge in [0.15, 0.2) is 0 Å². The summed E-state index contributed by atoms with van der Waals surface area (Å²) in [7, 11) is 0. The van der Waals surface area contributed by atoms with Crippen LogP contribution in [0.3, 0.4) is 0 Å². The molecule has 2 aromatic rings. The molecule has 1 saturated heterocycles. The number of aliphatic hydroxyl groups excluding tert-OH is 1. The van der Waals surface area contributed by atoms with E-state index in [4.69, 9.17) is 0 Å². The Kier molecular flexibility index (Phi) is 3.47. The van der Waals surface area contributed by atoms with Gasteiger partial charge in [-0.15, -0.1) is 5.10 Å². The van der Waals surface area contributed by atoms with Crippen LogP contribution in [0.2, 0.25) is 0 Å². The molecule has 1 fully saturated rings. The van der Waals surface area contributed by atoms with E-state index < -0.39 is 0 Å². The molecule has 3 rings (SSSR count). The topological polar surface area (TPSA) is 71.2 Å². The minimum Gasteiger partial charge on any atom is -0.393 e. The van der Waals surface area contributed by atoms with Crippen molar-refractivity contribution in [3.05, 3.63) is 42.2 Å². The second-order valence-corrected chi connectivity index (χ2v) is 4.92. The van der Waals surface area contributed by atoms with Gasteiger partial charge in [0, 0.05) is 18.7 Å². The molecule has 1 amide bonds. The highest BCUT2D eigenvalue weighted by Crippen LogP contribution is 2.15. The second-order valence-electron chi connectivity index (χ2n) is 4.92. The molecule has 0 bridgehead atoms. The molecule has 0 saturated carbocycles. The van der Waals surface area contributed by atoms with Crippen LogP contribution < -0.4 is 0 Å². The van der Waals surface area contributed by atoms with E-state index in [2.05, 4.69) is 10.3 Å². The number of likely N-dealkylation sites (tertiary alicyclic amines) is 1. The zero-order valence-electron chi connectivity index (χ0n) is 11.0. The van der Waals surface area contributed by atoms with Gasteiger partial charge in [0.25, 0.3) is 5.91 Å². The van der Waals surface area contributed by atoms with E-state index in [0.717, 1.165) is 5.69 Å². The van der Waals surface area contributed by atoms with Gasteiger partial charge in [-0.05, 0) is 37.1 Å². The minimum atomic E-state index is -0.270. The predicted molar refractivity (Wildman–Crippen MR) is 72.5 cm³/mol. The Morgan fingerprint density at radius 2 is 1.90 bits per heavy atom. The van der Waals surface area contributed by atoms with Crippen LogP contribution in [-0.4, -0.2) is 50.1 Å². The summed E-state index contributed by atoms with van der Waals surface area (Å²) in [5.41, 5.74) is 1.53. The summed E-state index contributed by atoms with van der Waals surface area (Å²) >= 11 is 0. The molecule has 6 nitrogen and oxygen atoms in total. The summed E-state index contributed by atoms with van der Waals surface area (Å²) in [6.07, 6.45) is 4.40. The van der Waals surface area contributed by atoms with E-state index in [9.17, 15) is 9.90 Å². The number of carbonyl (C=O) groups is 1. The first kappa shape index (κ1) is 12.8. The SMILES string of the molecule is O=C(c1ccc(-n2ccnn2)cc1)N1CCC(O)CC1. The molecule has 1 aliphatic rings. The monoisotopic (exact) mass is 272 g/mol. The lowest BCUT2D eigenvalue weighted by Gasteiger charge is -2.29. The average Bonchev–Trinajstić information content (AvgIpc) is 3.02. The van der Waals surface area contributed by atoms with Gasteiger partial charge in [-0.25, -0.2) is 4.68 Å². The van der Waals surface area contributed by atoms with Crippen molar-refractivity contribution in [3.8, 4) is 5.69 Å². The number of benzene rings is 1. The van der Waals surface area contributed by atoms with Crippen molar-refractivity contribution in [3.63, 3.8) is 0 Å². The van der Waals surface area contributed by atoms with Gasteiger partial charge in [-0.3, -0.25) is 4.79 Å². The maximum absolute atomic E-state index is 12.3. The predicted octanol–water partition coefficient (Wildman–Crippen LogP) is 0.864. The molecule has 0 unspecified atom stereocenters. The molecule has 20 heavy (non-hydrogen) atoms. The highest BCUT2D eigenvalue weighted by atomic mass is 16.3. The molecule has 0 radical (unpaired) electrons. The summed E-state index contributed by atoms with van der Waals surface area (Å²) < 4.78 is 1.64. The number of piperidine rings is 1. The molecule has 2 heterocycles. The van der Waals surface area contributed by atoms with Crippen LogP contribution in [-0.2, 0) is 0 Å². The number of nitrogens with zero attached hydrogens (tertiary/aromatic N) is 4. The van der Waals surface area contributed by atoms with Crippen LogP contribution in [0.5, 0.6) is 0 Å². The fourth-order valence-corrected chi connectivity index (χ4v) is 2.35. The quantitative estimate of drug-likeness (QED) is 0.880. The van der Waals surface area contributed by atoms with Crippen molar-refractivity contribution in [2.24, 2.45) is 0 Å². The largest absolute Gasteiger partial charge is 0.393 e. The van der Waals surface area contributed by atoms with E-state index in [1.54, 1.807) is 34.1 Å². The number of aliphatic hydroxyl groups is 1. The van der Waals surface area contributed by atoms with Gasteiger partial charge in [0.05, 0.1) is 24.2 Å². The molecule has 104 valence electrons. The highest BCUT2D eigenvalue weighted by molar-refractivity contribution is 5.94. The average molecular weight is 272 g/mol. The summed E-state index contributed by atoms with van der Waals surface area (Å²) in [6.45, 7) is 1.23. The third-order valence-corrected chi connectivity index (χ3v) is 3.55. The summed E-state index contributed by atoms with van der Waals surface area (Å²) in [4.78, 5) is 14.1. The van der Waals surface area contributed by atoms with Gasteiger partial charge in [-0.2, -0.15) is 0 Å². The minimum absolute atomic E-state index is 0.0158. The van der Waals surface area contributed by atoms with Crippen molar-refractivity contribution >= 4 is 5.91 Å². The molecule has 0 atom stereocenters. The van der Waals surface area contributed by atoms with Crippen molar-refractivity contribution in [2.75, 3.05) is 13.1 Å². The van der Waals surface area contributed by atoms with Crippen LogP contribution in [0, 0.1) is 0 Å². The maximum atomic E-state index is 12.3. The van der Waals surface area contributed by atoms with Gasteiger partial charge < -0.3 is 10.0 Å². The first-order valence-corrected chi connectivity index (χ1v) is 6.68. The highest BCUT2D eigenvalue weighted by Gasteiger charge is 2.22. The molecule has 1 N–H and O–H groups in total. The molecule has 0 aliphatic carbocycles. The van der Waals surface area contributed by atoms with E-state index in [1.807, 2.05) is 12.1 Å². The number of aromatic nitrogens is 3. The smallest absolute Gasteiger partial charge is 0.253 e. The van der Waals surface area contributed by atoms with Gasteiger partial charge in [0.2, 0.25) is 0 Å².